The summed E-state index contributed by atoms with van der Waals surface area (Å²) in [7, 11) is 0. The summed E-state index contributed by atoms with van der Waals surface area (Å²) < 4.78 is 0. The van der Waals surface area contributed by atoms with Gasteiger partial charge in [0, 0.05) is 13.0 Å². The minimum atomic E-state index is -0.974. The third-order valence-corrected chi connectivity index (χ3v) is 4.21. The Kier molecular flexibility index (Phi) is 4.98. The molecule has 1 atom stereocenters. The highest BCUT2D eigenvalue weighted by molar-refractivity contribution is 5.88. The molecule has 2 fully saturated rings. The molecule has 2 amide bonds. The Labute approximate surface area is 118 Å². The Bertz CT molecular complexity index is 391. The average molecular weight is 282 g/mol. The van der Waals surface area contributed by atoms with Crippen molar-refractivity contribution in [1.29, 1.82) is 0 Å². The number of hydrogen-bond acceptors (Lipinski definition) is 3. The van der Waals surface area contributed by atoms with E-state index in [2.05, 4.69) is 5.32 Å². The van der Waals surface area contributed by atoms with Gasteiger partial charge in [-0.3, -0.25) is 9.59 Å². The van der Waals surface area contributed by atoms with Gasteiger partial charge in [-0.2, -0.15) is 0 Å². The van der Waals surface area contributed by atoms with Crippen LogP contribution in [0.25, 0.3) is 0 Å². The highest BCUT2D eigenvalue weighted by atomic mass is 16.4. The van der Waals surface area contributed by atoms with E-state index in [4.69, 9.17) is 0 Å². The van der Waals surface area contributed by atoms with Crippen molar-refractivity contribution < 1.29 is 19.5 Å². The van der Waals surface area contributed by atoms with Crippen molar-refractivity contribution in [2.75, 3.05) is 13.1 Å². The lowest BCUT2D eigenvalue weighted by Gasteiger charge is -2.28. The van der Waals surface area contributed by atoms with E-state index in [1.807, 2.05) is 0 Å². The molecule has 2 rings (SSSR count). The molecular formula is C14H22N2O4. The molecular weight excluding hydrogens is 260 g/mol. The minimum absolute atomic E-state index is 0.0134. The number of likely N-dealkylation sites (tertiary alicyclic amines) is 1. The number of amides is 2. The van der Waals surface area contributed by atoms with Crippen molar-refractivity contribution in [3.05, 3.63) is 0 Å². The van der Waals surface area contributed by atoms with Gasteiger partial charge in [0.15, 0.2) is 0 Å². The Morgan fingerprint density at radius 2 is 1.95 bits per heavy atom. The van der Waals surface area contributed by atoms with Crippen molar-refractivity contribution in [2.24, 2.45) is 5.92 Å². The Balaban J connectivity index is 1.88. The van der Waals surface area contributed by atoms with Crippen LogP contribution in [0.4, 0.5) is 0 Å². The molecule has 1 aliphatic carbocycles. The van der Waals surface area contributed by atoms with Crippen LogP contribution in [-0.2, 0) is 14.4 Å². The predicted molar refractivity (Wildman–Crippen MR) is 72.0 cm³/mol. The second kappa shape index (κ2) is 6.72. The standard InChI is InChI=1S/C14H22N2O4/c17-11(9-16-8-4-7-12(16)18)15-13(14(19)20)10-5-2-1-3-6-10/h10,13H,1-9H2,(H,15,17)(H,19,20). The van der Waals surface area contributed by atoms with Gasteiger partial charge >= 0.3 is 5.97 Å². The van der Waals surface area contributed by atoms with Crippen LogP contribution in [0.2, 0.25) is 0 Å². The highest BCUT2D eigenvalue weighted by Gasteiger charge is 2.31. The van der Waals surface area contributed by atoms with E-state index < -0.39 is 12.0 Å². The minimum Gasteiger partial charge on any atom is -0.480 e. The fourth-order valence-corrected chi connectivity index (χ4v) is 3.11. The smallest absolute Gasteiger partial charge is 0.326 e. The van der Waals surface area contributed by atoms with Gasteiger partial charge in [0.1, 0.15) is 6.04 Å². The first-order chi connectivity index (χ1) is 9.58. The quantitative estimate of drug-likeness (QED) is 0.779. The van der Waals surface area contributed by atoms with Crippen LogP contribution >= 0.6 is 0 Å². The number of nitrogens with one attached hydrogen (secondary N) is 1. The third kappa shape index (κ3) is 3.71. The molecule has 6 heteroatoms. The molecule has 0 spiro atoms. The maximum Gasteiger partial charge on any atom is 0.326 e. The van der Waals surface area contributed by atoms with E-state index >= 15 is 0 Å². The number of rotatable bonds is 5. The monoisotopic (exact) mass is 282 g/mol. The summed E-state index contributed by atoms with van der Waals surface area (Å²) in [5, 5.41) is 11.9. The first-order valence-electron chi connectivity index (χ1n) is 7.38. The van der Waals surface area contributed by atoms with E-state index in [1.54, 1.807) is 0 Å². The fourth-order valence-electron chi connectivity index (χ4n) is 3.11. The van der Waals surface area contributed by atoms with Crippen LogP contribution in [0.3, 0.4) is 0 Å². The number of aliphatic carboxylic acids is 1. The SMILES string of the molecule is O=C(CN1CCCC1=O)NC(C(=O)O)C1CCCCC1. The molecule has 0 aromatic heterocycles. The summed E-state index contributed by atoms with van der Waals surface area (Å²) in [4.78, 5) is 36.2. The van der Waals surface area contributed by atoms with E-state index in [1.165, 1.54) is 4.90 Å². The van der Waals surface area contributed by atoms with Gasteiger partial charge < -0.3 is 15.3 Å². The van der Waals surface area contributed by atoms with Gasteiger partial charge in [-0.05, 0) is 25.2 Å². The van der Waals surface area contributed by atoms with Crippen LogP contribution in [0.5, 0.6) is 0 Å². The van der Waals surface area contributed by atoms with Gasteiger partial charge in [-0.25, -0.2) is 4.79 Å². The second-order valence-electron chi connectivity index (χ2n) is 5.70. The van der Waals surface area contributed by atoms with E-state index in [9.17, 15) is 19.5 Å². The van der Waals surface area contributed by atoms with Gasteiger partial charge in [0.25, 0.3) is 0 Å². The molecule has 1 saturated heterocycles. The van der Waals surface area contributed by atoms with Crippen molar-refractivity contribution in [2.45, 2.75) is 51.0 Å². The topological polar surface area (TPSA) is 86.7 Å². The predicted octanol–water partition coefficient (Wildman–Crippen LogP) is 0.758. The lowest BCUT2D eigenvalue weighted by atomic mass is 9.84. The maximum atomic E-state index is 11.9. The summed E-state index contributed by atoms with van der Waals surface area (Å²) in [5.41, 5.74) is 0. The van der Waals surface area contributed by atoms with Crippen molar-refractivity contribution >= 4 is 17.8 Å². The number of hydrogen-bond donors (Lipinski definition) is 2. The first-order valence-corrected chi connectivity index (χ1v) is 7.38. The molecule has 0 bridgehead atoms. The van der Waals surface area contributed by atoms with Crippen LogP contribution in [0, 0.1) is 5.92 Å². The van der Waals surface area contributed by atoms with Crippen LogP contribution < -0.4 is 5.32 Å². The number of nitrogens with zero attached hydrogens (tertiary/aromatic N) is 1. The third-order valence-electron chi connectivity index (χ3n) is 4.21. The molecule has 2 aliphatic rings. The maximum absolute atomic E-state index is 11.9. The summed E-state index contributed by atoms with van der Waals surface area (Å²) in [5.74, 6) is -1.35. The lowest BCUT2D eigenvalue weighted by Crippen LogP contribution is -2.49. The Hall–Kier alpha value is -1.59. The molecule has 20 heavy (non-hydrogen) atoms. The van der Waals surface area contributed by atoms with E-state index in [0.717, 1.165) is 38.5 Å². The zero-order chi connectivity index (χ0) is 14.5. The molecule has 112 valence electrons. The van der Waals surface area contributed by atoms with E-state index in [0.29, 0.717) is 13.0 Å². The molecule has 1 heterocycles. The van der Waals surface area contributed by atoms with Crippen molar-refractivity contribution in [3.8, 4) is 0 Å². The van der Waals surface area contributed by atoms with Crippen LogP contribution in [-0.4, -0.2) is 46.9 Å². The summed E-state index contributed by atoms with van der Waals surface area (Å²) in [6.07, 6.45) is 6.14. The number of carbonyl (C=O) groups excluding carboxylic acids is 2. The van der Waals surface area contributed by atoms with Crippen LogP contribution in [0.15, 0.2) is 0 Å². The first kappa shape index (κ1) is 14.8. The number of carboxylic acids is 1. The summed E-state index contributed by atoms with van der Waals surface area (Å²) >= 11 is 0. The Morgan fingerprint density at radius 3 is 2.50 bits per heavy atom. The molecule has 0 aromatic carbocycles. The Morgan fingerprint density at radius 1 is 1.25 bits per heavy atom. The lowest BCUT2D eigenvalue weighted by molar-refractivity contribution is -0.144. The van der Waals surface area contributed by atoms with Gasteiger partial charge in [-0.1, -0.05) is 19.3 Å². The molecule has 0 aromatic rings. The average Bonchev–Trinajstić information content (AvgIpc) is 2.82. The zero-order valence-electron chi connectivity index (χ0n) is 11.6. The molecule has 0 radical (unpaired) electrons. The van der Waals surface area contributed by atoms with Gasteiger partial charge in [-0.15, -0.1) is 0 Å². The van der Waals surface area contributed by atoms with Gasteiger partial charge in [0.05, 0.1) is 6.54 Å². The molecule has 2 N–H and O–H groups in total. The molecule has 6 nitrogen and oxygen atoms in total. The highest BCUT2D eigenvalue weighted by Crippen LogP contribution is 2.26. The number of carbonyl (C=O) groups is 3. The van der Waals surface area contributed by atoms with Crippen molar-refractivity contribution in [3.63, 3.8) is 0 Å². The molecule has 1 saturated carbocycles. The fraction of sp³-hybridized carbons (Fsp3) is 0.786. The number of carboxylic acid groups (broad SMARTS) is 1. The largest absolute Gasteiger partial charge is 0.480 e. The second-order valence-corrected chi connectivity index (χ2v) is 5.70. The van der Waals surface area contributed by atoms with Gasteiger partial charge in [0.2, 0.25) is 11.8 Å². The van der Waals surface area contributed by atoms with E-state index in [-0.39, 0.29) is 24.3 Å². The normalized spacial score (nSPS) is 21.8. The molecule has 1 unspecified atom stereocenters. The molecule has 1 aliphatic heterocycles. The summed E-state index contributed by atoms with van der Waals surface area (Å²) in [6.45, 7) is 0.572. The zero-order valence-corrected chi connectivity index (χ0v) is 11.6. The van der Waals surface area contributed by atoms with Crippen molar-refractivity contribution in [1.82, 2.24) is 10.2 Å². The van der Waals surface area contributed by atoms with Crippen LogP contribution in [0.1, 0.15) is 44.9 Å². The summed E-state index contributed by atoms with van der Waals surface area (Å²) in [6, 6.07) is -0.819.